The van der Waals surface area contributed by atoms with Gasteiger partial charge in [0.2, 0.25) is 0 Å². The van der Waals surface area contributed by atoms with Gasteiger partial charge in [-0.3, -0.25) is 14.7 Å². The van der Waals surface area contributed by atoms with Crippen molar-refractivity contribution < 1.29 is 14.1 Å². The average molecular weight is 272 g/mol. The second-order valence-corrected chi connectivity index (χ2v) is 4.68. The van der Waals surface area contributed by atoms with Crippen molar-refractivity contribution in [1.29, 1.82) is 0 Å². The predicted octanol–water partition coefficient (Wildman–Crippen LogP) is 1.04. The van der Waals surface area contributed by atoms with Crippen LogP contribution in [0.1, 0.15) is 18.2 Å². The first-order valence-electron chi connectivity index (χ1n) is 6.05. The molecule has 0 saturated carbocycles. The average Bonchev–Trinajstić information content (AvgIpc) is 3.04. The number of aromatic nitrogens is 2. The number of urea groups is 1. The van der Waals surface area contributed by atoms with E-state index in [4.69, 9.17) is 4.52 Å². The summed E-state index contributed by atoms with van der Waals surface area (Å²) in [4.78, 5) is 29.6. The minimum Gasteiger partial charge on any atom is -0.364 e. The fraction of sp³-hybridized carbons (Fsp3) is 0.231. The van der Waals surface area contributed by atoms with E-state index in [1.165, 1.54) is 6.26 Å². The van der Waals surface area contributed by atoms with Crippen molar-refractivity contribution in [2.75, 3.05) is 0 Å². The highest BCUT2D eigenvalue weighted by Crippen LogP contribution is 2.28. The molecule has 1 aliphatic heterocycles. The molecule has 1 N–H and O–H groups in total. The number of nitrogens with zero attached hydrogens (tertiary/aromatic N) is 3. The number of carbonyl (C=O) groups excluding carboxylic acids is 2. The van der Waals surface area contributed by atoms with Crippen LogP contribution in [-0.4, -0.2) is 27.0 Å². The van der Waals surface area contributed by atoms with E-state index >= 15 is 0 Å². The fourth-order valence-electron chi connectivity index (χ4n) is 2.18. The number of pyridine rings is 1. The first-order valence-corrected chi connectivity index (χ1v) is 6.05. The predicted molar refractivity (Wildman–Crippen MR) is 67.2 cm³/mol. The molecule has 1 unspecified atom stereocenters. The van der Waals surface area contributed by atoms with Crippen LogP contribution in [0.15, 0.2) is 41.4 Å². The molecule has 7 heteroatoms. The van der Waals surface area contributed by atoms with Gasteiger partial charge < -0.3 is 9.84 Å². The molecule has 1 fully saturated rings. The molecular weight excluding hydrogens is 260 g/mol. The zero-order valence-electron chi connectivity index (χ0n) is 10.7. The molecule has 102 valence electrons. The van der Waals surface area contributed by atoms with Crippen LogP contribution < -0.4 is 5.32 Å². The van der Waals surface area contributed by atoms with Gasteiger partial charge in [0, 0.05) is 24.0 Å². The van der Waals surface area contributed by atoms with E-state index in [1.807, 2.05) is 0 Å². The van der Waals surface area contributed by atoms with E-state index in [-0.39, 0.29) is 12.5 Å². The molecule has 2 aromatic rings. The highest BCUT2D eigenvalue weighted by Gasteiger charge is 2.49. The third kappa shape index (κ3) is 1.83. The highest BCUT2D eigenvalue weighted by atomic mass is 16.5. The number of carbonyl (C=O) groups is 2. The zero-order valence-corrected chi connectivity index (χ0v) is 10.7. The molecule has 0 aliphatic carbocycles. The summed E-state index contributed by atoms with van der Waals surface area (Å²) in [5, 5.41) is 6.41. The molecule has 1 saturated heterocycles. The summed E-state index contributed by atoms with van der Waals surface area (Å²) in [7, 11) is 0. The maximum Gasteiger partial charge on any atom is 0.325 e. The first-order chi connectivity index (χ1) is 9.61. The van der Waals surface area contributed by atoms with Gasteiger partial charge in [-0.05, 0) is 13.0 Å². The van der Waals surface area contributed by atoms with Crippen molar-refractivity contribution >= 4 is 11.9 Å². The molecule has 0 aromatic carbocycles. The minimum absolute atomic E-state index is 0.0804. The summed E-state index contributed by atoms with van der Waals surface area (Å²) in [6.07, 6.45) is 4.58. The van der Waals surface area contributed by atoms with Crippen molar-refractivity contribution in [3.63, 3.8) is 0 Å². The SMILES string of the molecule is CC1(c2cccnc2)NC(=O)N(Cc2ccon2)C1=O. The van der Waals surface area contributed by atoms with Gasteiger partial charge in [-0.2, -0.15) is 0 Å². The Balaban J connectivity index is 1.90. The van der Waals surface area contributed by atoms with Gasteiger partial charge in [0.1, 0.15) is 17.5 Å². The zero-order chi connectivity index (χ0) is 14.2. The summed E-state index contributed by atoms with van der Waals surface area (Å²) in [6.45, 7) is 1.74. The lowest BCUT2D eigenvalue weighted by molar-refractivity contribution is -0.131. The van der Waals surface area contributed by atoms with Crippen LogP contribution in [0.5, 0.6) is 0 Å². The third-order valence-electron chi connectivity index (χ3n) is 3.33. The number of nitrogens with one attached hydrogen (secondary N) is 1. The lowest BCUT2D eigenvalue weighted by Crippen LogP contribution is -2.40. The number of hydrogen-bond acceptors (Lipinski definition) is 5. The lowest BCUT2D eigenvalue weighted by atomic mass is 9.93. The van der Waals surface area contributed by atoms with Crippen LogP contribution in [0, 0.1) is 0 Å². The van der Waals surface area contributed by atoms with Gasteiger partial charge in [-0.15, -0.1) is 0 Å². The van der Waals surface area contributed by atoms with Crippen LogP contribution >= 0.6 is 0 Å². The van der Waals surface area contributed by atoms with Crippen LogP contribution in [0.3, 0.4) is 0 Å². The maximum atomic E-state index is 12.5. The largest absolute Gasteiger partial charge is 0.364 e. The van der Waals surface area contributed by atoms with Gasteiger partial charge in [-0.1, -0.05) is 11.2 Å². The standard InChI is InChI=1S/C13H12N4O3/c1-13(9-3-2-5-14-7-9)11(18)17(12(19)15-13)8-10-4-6-20-16-10/h2-7H,8H2,1H3,(H,15,19). The smallest absolute Gasteiger partial charge is 0.325 e. The summed E-state index contributed by atoms with van der Waals surface area (Å²) >= 11 is 0. The number of amides is 3. The molecule has 3 heterocycles. The maximum absolute atomic E-state index is 12.5. The quantitative estimate of drug-likeness (QED) is 0.843. The molecule has 7 nitrogen and oxygen atoms in total. The van der Waals surface area contributed by atoms with Crippen molar-refractivity contribution in [2.24, 2.45) is 0 Å². The van der Waals surface area contributed by atoms with Gasteiger partial charge in [0.25, 0.3) is 5.91 Å². The van der Waals surface area contributed by atoms with Gasteiger partial charge in [-0.25, -0.2) is 4.79 Å². The fourth-order valence-corrected chi connectivity index (χ4v) is 2.18. The van der Waals surface area contributed by atoms with Crippen molar-refractivity contribution in [1.82, 2.24) is 20.4 Å². The number of imide groups is 1. The summed E-state index contributed by atoms with van der Waals surface area (Å²) in [5.41, 5.74) is 0.0552. The van der Waals surface area contributed by atoms with Gasteiger partial charge >= 0.3 is 6.03 Å². The molecular formula is C13H12N4O3. The molecule has 0 radical (unpaired) electrons. The third-order valence-corrected chi connectivity index (χ3v) is 3.33. The van der Waals surface area contributed by atoms with Crippen molar-refractivity contribution in [3.05, 3.63) is 48.1 Å². The van der Waals surface area contributed by atoms with Crippen LogP contribution in [0.25, 0.3) is 0 Å². The lowest BCUT2D eigenvalue weighted by Gasteiger charge is -2.21. The normalized spacial score (nSPS) is 22.1. The topological polar surface area (TPSA) is 88.3 Å². The van der Waals surface area contributed by atoms with Gasteiger partial charge in [0.15, 0.2) is 0 Å². The summed E-state index contributed by atoms with van der Waals surface area (Å²) < 4.78 is 4.70. The molecule has 3 rings (SSSR count). The van der Waals surface area contributed by atoms with Crippen molar-refractivity contribution in [2.45, 2.75) is 19.0 Å². The molecule has 0 spiro atoms. The van der Waals surface area contributed by atoms with E-state index in [2.05, 4.69) is 15.5 Å². The molecule has 0 bridgehead atoms. The van der Waals surface area contributed by atoms with E-state index in [9.17, 15) is 9.59 Å². The second kappa shape index (κ2) is 4.44. The summed E-state index contributed by atoms with van der Waals surface area (Å²) in [5.74, 6) is -0.335. The highest BCUT2D eigenvalue weighted by molar-refractivity contribution is 6.07. The van der Waals surface area contributed by atoms with E-state index in [1.54, 1.807) is 37.5 Å². The summed E-state index contributed by atoms with van der Waals surface area (Å²) in [6, 6.07) is 4.63. The first kappa shape index (κ1) is 12.3. The Morgan fingerprint density at radius 1 is 1.40 bits per heavy atom. The molecule has 3 amide bonds. The van der Waals surface area contributed by atoms with E-state index in [0.717, 1.165) is 4.90 Å². The Morgan fingerprint density at radius 3 is 2.90 bits per heavy atom. The Kier molecular flexibility index (Phi) is 2.74. The number of hydrogen-bond donors (Lipinski definition) is 1. The van der Waals surface area contributed by atoms with Gasteiger partial charge in [0.05, 0.1) is 6.54 Å². The minimum atomic E-state index is -1.10. The Bertz CT molecular complexity index is 641. The Labute approximate surface area is 114 Å². The monoisotopic (exact) mass is 272 g/mol. The molecule has 20 heavy (non-hydrogen) atoms. The van der Waals surface area contributed by atoms with Crippen LogP contribution in [0.4, 0.5) is 4.79 Å². The van der Waals surface area contributed by atoms with Crippen LogP contribution in [-0.2, 0) is 16.9 Å². The van der Waals surface area contributed by atoms with Crippen LogP contribution in [0.2, 0.25) is 0 Å². The Morgan fingerprint density at radius 2 is 2.25 bits per heavy atom. The second-order valence-electron chi connectivity index (χ2n) is 4.68. The molecule has 1 atom stereocenters. The van der Waals surface area contributed by atoms with E-state index < -0.39 is 11.6 Å². The van der Waals surface area contributed by atoms with E-state index in [0.29, 0.717) is 11.3 Å². The molecule has 2 aromatic heterocycles. The molecule has 1 aliphatic rings. The Hall–Kier alpha value is -2.70. The van der Waals surface area contributed by atoms with Crippen molar-refractivity contribution in [3.8, 4) is 0 Å². The number of rotatable bonds is 3.